The fourth-order valence-corrected chi connectivity index (χ4v) is 1.33. The average Bonchev–Trinajstić information content (AvgIpc) is 2.28. The zero-order valence-electron chi connectivity index (χ0n) is 9.27. The second kappa shape index (κ2) is 5.53. The summed E-state index contributed by atoms with van der Waals surface area (Å²) in [6.07, 6.45) is 0. The van der Waals surface area contributed by atoms with Gasteiger partial charge in [0.1, 0.15) is 11.5 Å². The van der Waals surface area contributed by atoms with Crippen molar-refractivity contribution in [3.8, 4) is 11.5 Å². The summed E-state index contributed by atoms with van der Waals surface area (Å²) in [6.45, 7) is 0.371. The van der Waals surface area contributed by atoms with E-state index in [0.29, 0.717) is 12.3 Å². The zero-order valence-corrected chi connectivity index (χ0v) is 10.1. The third-order valence-corrected chi connectivity index (χ3v) is 2.35. The minimum Gasteiger partial charge on any atom is -0.497 e. The molecule has 0 unspecified atom stereocenters. The predicted molar refractivity (Wildman–Crippen MR) is 66.1 cm³/mol. The molecule has 1 aromatic rings. The fraction of sp³-hybridized carbons (Fsp3) is 0.300. The summed E-state index contributed by atoms with van der Waals surface area (Å²) in [5.74, 6) is 7.08. The highest BCUT2D eigenvalue weighted by atomic mass is 32.1. The van der Waals surface area contributed by atoms with Crippen molar-refractivity contribution >= 4 is 17.3 Å². The standard InChI is InChI=1S/C10H15N3O2S/c1-14-8-3-4-9(15-2)7(5-8)6-13(12)10(11)16/h3-5H,6,12H2,1-2H3,(H2,11,16). The van der Waals surface area contributed by atoms with Gasteiger partial charge in [-0.1, -0.05) is 0 Å². The number of ether oxygens (including phenoxy) is 2. The maximum atomic E-state index is 5.63. The van der Waals surface area contributed by atoms with Crippen LogP contribution in [0.2, 0.25) is 0 Å². The topological polar surface area (TPSA) is 73.7 Å². The van der Waals surface area contributed by atoms with Crippen LogP contribution in [0, 0.1) is 0 Å². The lowest BCUT2D eigenvalue weighted by molar-refractivity contribution is 0.379. The maximum Gasteiger partial charge on any atom is 0.180 e. The van der Waals surface area contributed by atoms with Crippen molar-refractivity contribution < 1.29 is 9.47 Å². The Morgan fingerprint density at radius 3 is 2.56 bits per heavy atom. The van der Waals surface area contributed by atoms with E-state index in [1.165, 1.54) is 5.01 Å². The first-order valence-corrected chi connectivity index (χ1v) is 5.02. The molecule has 0 heterocycles. The average molecular weight is 241 g/mol. The molecule has 0 aromatic heterocycles. The molecule has 5 nitrogen and oxygen atoms in total. The number of hydrazine groups is 1. The van der Waals surface area contributed by atoms with Crippen molar-refractivity contribution in [2.75, 3.05) is 14.2 Å². The van der Waals surface area contributed by atoms with Crippen LogP contribution in [0.15, 0.2) is 18.2 Å². The lowest BCUT2D eigenvalue weighted by atomic mass is 10.2. The first-order valence-electron chi connectivity index (χ1n) is 4.61. The number of benzene rings is 1. The van der Waals surface area contributed by atoms with Gasteiger partial charge < -0.3 is 15.2 Å². The fourth-order valence-electron chi connectivity index (χ4n) is 1.27. The van der Waals surface area contributed by atoms with Crippen LogP contribution < -0.4 is 21.1 Å². The highest BCUT2D eigenvalue weighted by molar-refractivity contribution is 7.80. The zero-order chi connectivity index (χ0) is 12.1. The van der Waals surface area contributed by atoms with Crippen LogP contribution in [-0.2, 0) is 6.54 Å². The van der Waals surface area contributed by atoms with Crippen LogP contribution in [-0.4, -0.2) is 24.3 Å². The lowest BCUT2D eigenvalue weighted by Gasteiger charge is -2.18. The smallest absolute Gasteiger partial charge is 0.180 e. The lowest BCUT2D eigenvalue weighted by Crippen LogP contribution is -2.40. The van der Waals surface area contributed by atoms with Gasteiger partial charge in [-0.15, -0.1) is 0 Å². The Morgan fingerprint density at radius 1 is 1.38 bits per heavy atom. The van der Waals surface area contributed by atoms with Crippen molar-refractivity contribution in [2.24, 2.45) is 11.6 Å². The third-order valence-electron chi connectivity index (χ3n) is 2.11. The molecule has 0 amide bonds. The SMILES string of the molecule is COc1ccc(OC)c(CN(N)C(N)=S)c1. The molecule has 0 spiro atoms. The van der Waals surface area contributed by atoms with E-state index in [2.05, 4.69) is 0 Å². The summed E-state index contributed by atoms with van der Waals surface area (Å²) in [4.78, 5) is 0. The molecular weight excluding hydrogens is 226 g/mol. The Morgan fingerprint density at radius 2 is 2.06 bits per heavy atom. The van der Waals surface area contributed by atoms with Crippen LogP contribution in [0.1, 0.15) is 5.56 Å². The van der Waals surface area contributed by atoms with Gasteiger partial charge in [-0.05, 0) is 30.4 Å². The molecule has 0 aliphatic carbocycles. The number of nitrogens with zero attached hydrogens (tertiary/aromatic N) is 1. The van der Waals surface area contributed by atoms with E-state index in [-0.39, 0.29) is 5.11 Å². The van der Waals surface area contributed by atoms with Gasteiger partial charge in [0.25, 0.3) is 0 Å². The molecule has 1 aromatic carbocycles. The molecule has 4 N–H and O–H groups in total. The Hall–Kier alpha value is -1.53. The van der Waals surface area contributed by atoms with Gasteiger partial charge >= 0.3 is 0 Å². The molecular formula is C10H15N3O2S. The molecule has 1 rings (SSSR count). The number of thiocarbonyl (C=S) groups is 1. The normalized spacial score (nSPS) is 9.69. The number of hydrogen-bond donors (Lipinski definition) is 2. The van der Waals surface area contributed by atoms with E-state index < -0.39 is 0 Å². The van der Waals surface area contributed by atoms with Gasteiger partial charge in [-0.2, -0.15) is 0 Å². The largest absolute Gasteiger partial charge is 0.497 e. The van der Waals surface area contributed by atoms with Gasteiger partial charge in [0.05, 0.1) is 20.8 Å². The first-order chi connectivity index (χ1) is 7.58. The van der Waals surface area contributed by atoms with Crippen molar-refractivity contribution in [3.05, 3.63) is 23.8 Å². The second-order valence-electron chi connectivity index (χ2n) is 3.14. The van der Waals surface area contributed by atoms with E-state index in [1.54, 1.807) is 14.2 Å². The molecule has 6 heteroatoms. The summed E-state index contributed by atoms with van der Waals surface area (Å²) in [7, 11) is 3.19. The maximum absolute atomic E-state index is 5.63. The van der Waals surface area contributed by atoms with Crippen LogP contribution in [0.3, 0.4) is 0 Å². The first kappa shape index (κ1) is 12.5. The summed E-state index contributed by atoms with van der Waals surface area (Å²) >= 11 is 4.76. The molecule has 0 atom stereocenters. The van der Waals surface area contributed by atoms with E-state index in [0.717, 1.165) is 11.3 Å². The molecule has 0 aliphatic rings. The summed E-state index contributed by atoms with van der Waals surface area (Å²) in [6, 6.07) is 5.45. The van der Waals surface area contributed by atoms with E-state index in [9.17, 15) is 0 Å². The monoisotopic (exact) mass is 241 g/mol. The quantitative estimate of drug-likeness (QED) is 0.457. The highest BCUT2D eigenvalue weighted by Crippen LogP contribution is 2.24. The molecule has 0 saturated heterocycles. The predicted octanol–water partition coefficient (Wildman–Crippen LogP) is 0.623. The van der Waals surface area contributed by atoms with Gasteiger partial charge in [0.15, 0.2) is 5.11 Å². The molecule has 88 valence electrons. The summed E-state index contributed by atoms with van der Waals surface area (Å²) in [5.41, 5.74) is 6.26. The molecule has 0 bridgehead atoms. The summed E-state index contributed by atoms with van der Waals surface area (Å²) in [5, 5.41) is 1.40. The summed E-state index contributed by atoms with van der Waals surface area (Å²) < 4.78 is 10.3. The van der Waals surface area contributed by atoms with Crippen LogP contribution in [0.4, 0.5) is 0 Å². The minimum atomic E-state index is 0.130. The number of rotatable bonds is 4. The third kappa shape index (κ3) is 2.98. The Labute approximate surface area is 99.9 Å². The molecule has 16 heavy (non-hydrogen) atoms. The van der Waals surface area contributed by atoms with E-state index in [4.69, 9.17) is 33.3 Å². The van der Waals surface area contributed by atoms with Crippen molar-refractivity contribution in [2.45, 2.75) is 6.54 Å². The number of hydrogen-bond acceptors (Lipinski definition) is 4. The van der Waals surface area contributed by atoms with Gasteiger partial charge in [0, 0.05) is 5.56 Å². The molecule has 0 saturated carbocycles. The van der Waals surface area contributed by atoms with Gasteiger partial charge in [-0.3, -0.25) is 5.01 Å². The van der Waals surface area contributed by atoms with Crippen LogP contribution in [0.5, 0.6) is 11.5 Å². The van der Waals surface area contributed by atoms with Crippen molar-refractivity contribution in [1.82, 2.24) is 5.01 Å². The molecule has 0 aliphatic heterocycles. The molecule has 0 radical (unpaired) electrons. The Balaban J connectivity index is 2.95. The number of nitrogens with two attached hydrogens (primary N) is 2. The second-order valence-corrected chi connectivity index (χ2v) is 3.56. The van der Waals surface area contributed by atoms with Crippen molar-refractivity contribution in [3.63, 3.8) is 0 Å². The minimum absolute atomic E-state index is 0.130. The van der Waals surface area contributed by atoms with Crippen molar-refractivity contribution in [1.29, 1.82) is 0 Å². The highest BCUT2D eigenvalue weighted by Gasteiger charge is 2.09. The van der Waals surface area contributed by atoms with E-state index in [1.807, 2.05) is 18.2 Å². The number of methoxy groups -OCH3 is 2. The Bertz CT molecular complexity index is 384. The van der Waals surface area contributed by atoms with Crippen LogP contribution >= 0.6 is 12.2 Å². The van der Waals surface area contributed by atoms with E-state index >= 15 is 0 Å². The van der Waals surface area contributed by atoms with Gasteiger partial charge in [-0.25, -0.2) is 5.84 Å². The Kier molecular flexibility index (Phi) is 4.33. The molecule has 0 fully saturated rings. The van der Waals surface area contributed by atoms with Crippen LogP contribution in [0.25, 0.3) is 0 Å². The van der Waals surface area contributed by atoms with Gasteiger partial charge in [0.2, 0.25) is 0 Å².